The van der Waals surface area contributed by atoms with Gasteiger partial charge in [0.15, 0.2) is 0 Å². The van der Waals surface area contributed by atoms with Crippen molar-refractivity contribution in [3.05, 3.63) is 378 Å². The van der Waals surface area contributed by atoms with Crippen molar-refractivity contribution in [3.63, 3.8) is 0 Å². The van der Waals surface area contributed by atoms with E-state index in [1.807, 2.05) is 147 Å². The Morgan fingerprint density at radius 1 is 0.284 bits per heavy atom. The maximum Gasteiger partial charge on any atom is 0.573 e. The van der Waals surface area contributed by atoms with Crippen molar-refractivity contribution >= 4 is 46.4 Å². The highest BCUT2D eigenvalue weighted by Crippen LogP contribution is 2.40. The molecule has 710 valence electrons. The molecule has 0 radical (unpaired) electrons. The highest BCUT2D eigenvalue weighted by molar-refractivity contribution is 5.85. The molecule has 0 aliphatic rings. The molecule has 8 aromatic carbocycles. The minimum Gasteiger partial charge on any atom is -0.497 e. The highest BCUT2D eigenvalue weighted by atomic mass is 19.4. The van der Waals surface area contributed by atoms with Crippen LogP contribution in [0.15, 0.2) is 310 Å². The lowest BCUT2D eigenvalue weighted by Gasteiger charge is -2.14. The number of aromatic nitrogens is 16. The van der Waals surface area contributed by atoms with Crippen LogP contribution in [0.5, 0.6) is 28.7 Å². The van der Waals surface area contributed by atoms with Gasteiger partial charge in [-0.05, 0) is 234 Å². The molecule has 29 nitrogen and oxygen atoms in total. The van der Waals surface area contributed by atoms with Crippen LogP contribution in [0.3, 0.4) is 0 Å². The molecule has 141 heavy (non-hydrogen) atoms. The number of imidazole rings is 4. The number of nitrogens with one attached hydrogen (secondary N) is 4. The maximum atomic E-state index is 13.6. The van der Waals surface area contributed by atoms with Gasteiger partial charge in [0.05, 0.1) is 123 Å². The number of aliphatic hydroxyl groups excluding tert-OH is 4. The Labute approximate surface area is 800 Å². The number of ether oxygens (including phenoxy) is 5. The van der Waals surface area contributed by atoms with Crippen molar-refractivity contribution in [1.82, 2.24) is 77.4 Å². The van der Waals surface area contributed by atoms with Gasteiger partial charge in [-0.3, -0.25) is 17.6 Å². The molecular formula is C105H87F7N20O9. The molecule has 36 heteroatoms. The third-order valence-corrected chi connectivity index (χ3v) is 22.3. The van der Waals surface area contributed by atoms with Gasteiger partial charge in [-0.2, -0.15) is 0 Å². The maximum absolute atomic E-state index is 13.6. The van der Waals surface area contributed by atoms with Gasteiger partial charge in [0.25, 0.3) is 0 Å². The van der Waals surface area contributed by atoms with Gasteiger partial charge in [-0.15, -0.1) is 13.2 Å². The van der Waals surface area contributed by atoms with Crippen LogP contribution < -0.4 is 45.0 Å². The van der Waals surface area contributed by atoms with Crippen molar-refractivity contribution < 1.29 is 74.8 Å². The quantitative estimate of drug-likeness (QED) is 0.0202. The molecular weight excluding hydrogens is 1820 g/mol. The standard InChI is InChI=1S/C27H24FN5O3.C26H19F4N5O2.2C26H22FN5O2/c1-35-21-8-5-19(23(14-21)36-2)15-30-27-29-11-9-22(31-27)26-25(18-3-6-20(28)7-4-18)32-24-13-17(16-34)10-12-33(24)26;27-19-7-5-17(6-8-19)23-24(35-12-10-16(15-36)13-22(35)34-23)20-9-11-31-25(33-20)32-14-18-3-1-2-4-21(18)37-26(28,29)30;1-34-21-4-2-3-17(13-21)15-29-26-28-11-9-22(30-26)25-24(19-5-7-20(27)8-6-19)31-23-14-18(16-33)10-12-32(23)25;1-34-22-5-3-2-4-19(22)15-29-26-28-12-10-21(30-26)25-24(18-6-8-20(27)9-7-18)31-23-14-17(16-33)11-13-32(23)25/h3-14,34H,15-16H2,1-2H3,(H,29,30,31);1-13,36H,14-15H2,(H,31,32,33);2*2-14,33H,15-16H2,1H3,(H,28,29,30). The fourth-order valence-corrected chi connectivity index (χ4v) is 15.5. The van der Waals surface area contributed by atoms with Gasteiger partial charge >= 0.3 is 6.36 Å². The molecule has 0 spiro atoms. The van der Waals surface area contributed by atoms with Crippen molar-refractivity contribution in [3.8, 4) is 119 Å². The molecule has 0 amide bonds. The largest absolute Gasteiger partial charge is 0.573 e. The van der Waals surface area contributed by atoms with Gasteiger partial charge in [0, 0.05) is 121 Å². The fourth-order valence-electron chi connectivity index (χ4n) is 15.5. The Kier molecular flexibility index (Phi) is 29.4. The number of alkyl halides is 3. The Hall–Kier alpha value is -17.6. The molecule has 20 rings (SSSR count). The van der Waals surface area contributed by atoms with Crippen LogP contribution in [0.1, 0.15) is 44.5 Å². The zero-order chi connectivity index (χ0) is 98.0. The molecule has 0 bridgehead atoms. The number of rotatable bonds is 29. The minimum absolute atomic E-state index is 0.0203. The minimum atomic E-state index is -4.82. The van der Waals surface area contributed by atoms with E-state index >= 15 is 0 Å². The third-order valence-electron chi connectivity index (χ3n) is 22.3. The van der Waals surface area contributed by atoms with Crippen LogP contribution in [0.2, 0.25) is 0 Å². The summed E-state index contributed by atoms with van der Waals surface area (Å²) in [5, 5.41) is 50.9. The number of nitrogens with zero attached hydrogens (tertiary/aromatic N) is 16. The van der Waals surface area contributed by atoms with Crippen LogP contribution in [0, 0.1) is 23.3 Å². The Morgan fingerprint density at radius 2 is 0.589 bits per heavy atom. The molecule has 0 fully saturated rings. The average molecular weight is 1910 g/mol. The van der Waals surface area contributed by atoms with E-state index < -0.39 is 6.36 Å². The SMILES string of the molecule is COc1ccc(CNc2nccc(-c3c(-c4ccc(F)cc4)nc4cc(CO)ccn34)n2)c(OC)c1.COc1cccc(CNc2nccc(-c3c(-c4ccc(F)cc4)nc4cc(CO)ccn34)n2)c1.COc1ccccc1CNc1nccc(-c2c(-c3ccc(F)cc3)nc3cc(CO)ccn23)n1.OCc1ccn2c(-c3ccnc(NCc4ccccc4OC(F)(F)F)n3)c(-c3ccc(F)cc3)nc2c1. The molecule has 20 aromatic rings. The third kappa shape index (κ3) is 22.6. The smallest absolute Gasteiger partial charge is 0.497 e. The van der Waals surface area contributed by atoms with E-state index in [2.05, 4.69) is 50.9 Å². The first-order valence-electron chi connectivity index (χ1n) is 43.8. The Morgan fingerprint density at radius 3 is 0.908 bits per heavy atom. The van der Waals surface area contributed by atoms with Crippen molar-refractivity contribution in [1.29, 1.82) is 0 Å². The van der Waals surface area contributed by atoms with Gasteiger partial charge < -0.3 is 65.4 Å². The van der Waals surface area contributed by atoms with E-state index in [0.717, 1.165) is 78.7 Å². The van der Waals surface area contributed by atoms with Gasteiger partial charge in [-0.25, -0.2) is 77.4 Å². The summed E-state index contributed by atoms with van der Waals surface area (Å²) < 4.78 is 126. The van der Waals surface area contributed by atoms with Crippen LogP contribution in [0.4, 0.5) is 54.5 Å². The summed E-state index contributed by atoms with van der Waals surface area (Å²) in [6, 6.07) is 72.8. The predicted octanol–water partition coefficient (Wildman–Crippen LogP) is 19.7. The van der Waals surface area contributed by atoms with Crippen molar-refractivity contribution in [2.45, 2.75) is 59.0 Å². The zero-order valence-corrected chi connectivity index (χ0v) is 75.7. The molecule has 0 saturated heterocycles. The van der Waals surface area contributed by atoms with Gasteiger partial charge in [0.1, 0.15) is 74.6 Å². The highest BCUT2D eigenvalue weighted by Gasteiger charge is 2.33. The molecule has 12 aromatic heterocycles. The summed E-state index contributed by atoms with van der Waals surface area (Å²) in [5.41, 5.74) is 19.3. The lowest BCUT2D eigenvalue weighted by atomic mass is 10.1. The summed E-state index contributed by atoms with van der Waals surface area (Å²) in [6.07, 6.45) is 9.02. The lowest BCUT2D eigenvalue weighted by Crippen LogP contribution is -2.18. The molecule has 12 heterocycles. The predicted molar refractivity (Wildman–Crippen MR) is 518 cm³/mol. The first-order chi connectivity index (χ1) is 68.7. The lowest BCUT2D eigenvalue weighted by molar-refractivity contribution is -0.274. The Bertz CT molecular complexity index is 7790. The summed E-state index contributed by atoms with van der Waals surface area (Å²) in [7, 11) is 6.49. The number of aliphatic hydroxyl groups is 4. The Balaban J connectivity index is 0.000000130. The topological polar surface area (TPSA) is 348 Å². The van der Waals surface area contributed by atoms with Crippen molar-refractivity contribution in [2.24, 2.45) is 0 Å². The van der Waals surface area contributed by atoms with E-state index in [-0.39, 0.29) is 73.5 Å². The molecule has 8 N–H and O–H groups in total. The number of methoxy groups -OCH3 is 4. The van der Waals surface area contributed by atoms with Crippen LogP contribution in [-0.2, 0) is 52.6 Å². The number of halogens is 7. The molecule has 0 unspecified atom stereocenters. The second-order valence-electron chi connectivity index (χ2n) is 31.4. The van der Waals surface area contributed by atoms with E-state index in [1.54, 1.807) is 136 Å². The second kappa shape index (κ2) is 43.6. The van der Waals surface area contributed by atoms with E-state index in [9.17, 15) is 51.2 Å². The average Bonchev–Trinajstić information content (AvgIpc) is 1.63. The number of para-hydroxylation sites is 2. The second-order valence-corrected chi connectivity index (χ2v) is 31.4. The zero-order valence-electron chi connectivity index (χ0n) is 75.7. The van der Waals surface area contributed by atoms with Gasteiger partial charge in [0.2, 0.25) is 23.8 Å². The summed E-state index contributed by atoms with van der Waals surface area (Å²) in [6.45, 7) is 1.00. The van der Waals surface area contributed by atoms with Gasteiger partial charge in [-0.1, -0.05) is 48.5 Å². The van der Waals surface area contributed by atoms with Crippen LogP contribution >= 0.6 is 0 Å². The normalized spacial score (nSPS) is 11.2. The first-order valence-corrected chi connectivity index (χ1v) is 43.8. The summed E-state index contributed by atoms with van der Waals surface area (Å²) >= 11 is 0. The molecule has 0 aliphatic heterocycles. The first kappa shape index (κ1) is 95.1. The van der Waals surface area contributed by atoms with E-state index in [4.69, 9.17) is 53.8 Å². The molecule has 0 saturated carbocycles. The monoisotopic (exact) mass is 1900 g/mol. The number of anilines is 4. The van der Waals surface area contributed by atoms with E-state index in [1.165, 1.54) is 72.9 Å². The number of hydrogen-bond acceptors (Lipinski definition) is 25. The van der Waals surface area contributed by atoms with Crippen LogP contribution in [-0.4, -0.2) is 133 Å². The van der Waals surface area contributed by atoms with Crippen molar-refractivity contribution in [2.75, 3.05) is 49.7 Å². The number of hydrogen-bond donors (Lipinski definition) is 8. The summed E-state index contributed by atoms with van der Waals surface area (Å²) in [4.78, 5) is 55.1. The van der Waals surface area contributed by atoms with Crippen LogP contribution in [0.25, 0.3) is 113 Å². The molecule has 0 aliphatic carbocycles. The van der Waals surface area contributed by atoms with E-state index in [0.29, 0.717) is 134 Å². The number of pyridine rings is 4. The molecule has 0 atom stereocenters. The number of benzene rings is 8. The number of fused-ring (bicyclic) bond motifs is 4. The fraction of sp³-hybridized carbons (Fsp3) is 0.124. The summed E-state index contributed by atoms with van der Waals surface area (Å²) in [5.74, 6) is 2.82.